The Morgan fingerprint density at radius 3 is 3.04 bits per heavy atom. The number of carbonyl (C=O) groups is 1. The van der Waals surface area contributed by atoms with E-state index in [1.807, 2.05) is 18.2 Å². The Morgan fingerprint density at radius 2 is 2.33 bits per heavy atom. The molecular weight excluding hydrogens is 346 g/mol. The van der Waals surface area contributed by atoms with Crippen LogP contribution in [0.25, 0.3) is 0 Å². The molecule has 8 nitrogen and oxygen atoms in total. The number of rotatable bonds is 7. The first-order valence-electron chi connectivity index (χ1n) is 9.21. The fourth-order valence-electron chi connectivity index (χ4n) is 3.10. The third-order valence-electron chi connectivity index (χ3n) is 4.37. The van der Waals surface area contributed by atoms with Gasteiger partial charge in [0.2, 0.25) is 0 Å². The van der Waals surface area contributed by atoms with Crippen LogP contribution < -0.4 is 10.9 Å². The molecule has 0 radical (unpaired) electrons. The monoisotopic (exact) mass is 371 g/mol. The second kappa shape index (κ2) is 9.27. The lowest BCUT2D eigenvalue weighted by Crippen LogP contribution is -2.44. The van der Waals surface area contributed by atoms with E-state index in [9.17, 15) is 9.59 Å². The number of H-pyrrole nitrogens is 1. The molecule has 3 heterocycles. The Labute approximate surface area is 158 Å². The standard InChI is InChI=1S/C19H25N5O3/c1-14-11-18(25)23-17(22-14)7-9-21-19(26)24(13-16-6-4-10-27-16)12-15-5-2-3-8-20-15/h2-3,5,8,11,16H,4,6-7,9-10,12-13H2,1H3,(H,21,26)(H,22,23,25). The fraction of sp³-hybridized carbons (Fsp3) is 0.474. The molecule has 3 rings (SSSR count). The average Bonchev–Trinajstić information content (AvgIpc) is 3.14. The Hall–Kier alpha value is -2.74. The van der Waals surface area contributed by atoms with E-state index in [4.69, 9.17) is 4.74 Å². The van der Waals surface area contributed by atoms with Crippen molar-refractivity contribution >= 4 is 6.03 Å². The lowest BCUT2D eigenvalue weighted by molar-refractivity contribution is 0.0792. The topological polar surface area (TPSA) is 100 Å². The molecule has 1 aliphatic heterocycles. The van der Waals surface area contributed by atoms with Gasteiger partial charge in [0.05, 0.1) is 18.3 Å². The lowest BCUT2D eigenvalue weighted by atomic mass is 10.2. The second-order valence-electron chi connectivity index (χ2n) is 6.65. The number of aromatic nitrogens is 3. The molecule has 1 aliphatic rings. The quantitative estimate of drug-likeness (QED) is 0.766. The van der Waals surface area contributed by atoms with Gasteiger partial charge < -0.3 is 19.9 Å². The summed E-state index contributed by atoms with van der Waals surface area (Å²) in [5.41, 5.74) is 1.31. The van der Waals surface area contributed by atoms with Gasteiger partial charge >= 0.3 is 6.03 Å². The van der Waals surface area contributed by atoms with E-state index in [0.29, 0.717) is 37.6 Å². The highest BCUT2D eigenvalue weighted by molar-refractivity contribution is 5.74. The number of hydrogen-bond acceptors (Lipinski definition) is 5. The van der Waals surface area contributed by atoms with Crippen molar-refractivity contribution in [3.63, 3.8) is 0 Å². The number of nitrogens with zero attached hydrogens (tertiary/aromatic N) is 3. The van der Waals surface area contributed by atoms with E-state index < -0.39 is 0 Å². The zero-order chi connectivity index (χ0) is 19.1. The summed E-state index contributed by atoms with van der Waals surface area (Å²) in [4.78, 5) is 37.2. The maximum absolute atomic E-state index is 12.7. The smallest absolute Gasteiger partial charge is 0.317 e. The summed E-state index contributed by atoms with van der Waals surface area (Å²) in [5.74, 6) is 0.565. The first-order valence-corrected chi connectivity index (χ1v) is 9.21. The summed E-state index contributed by atoms with van der Waals surface area (Å²) in [5, 5.41) is 2.91. The van der Waals surface area contributed by atoms with Crippen molar-refractivity contribution in [1.82, 2.24) is 25.2 Å². The fourth-order valence-corrected chi connectivity index (χ4v) is 3.10. The normalized spacial score (nSPS) is 16.3. The van der Waals surface area contributed by atoms with Gasteiger partial charge in [0.25, 0.3) is 5.56 Å². The third kappa shape index (κ3) is 5.89. The van der Waals surface area contributed by atoms with Crippen LogP contribution >= 0.6 is 0 Å². The lowest BCUT2D eigenvalue weighted by Gasteiger charge is -2.25. The number of amides is 2. The SMILES string of the molecule is Cc1cc(=O)[nH]c(CCNC(=O)N(Cc2ccccn2)CC2CCCO2)n1. The maximum atomic E-state index is 12.7. The Balaban J connectivity index is 1.58. The summed E-state index contributed by atoms with van der Waals surface area (Å²) < 4.78 is 5.68. The van der Waals surface area contributed by atoms with Gasteiger partial charge in [-0.05, 0) is 31.9 Å². The molecule has 0 aromatic carbocycles. The van der Waals surface area contributed by atoms with E-state index in [0.717, 1.165) is 25.1 Å². The molecule has 8 heteroatoms. The predicted molar refractivity (Wildman–Crippen MR) is 100 cm³/mol. The van der Waals surface area contributed by atoms with Crippen LogP contribution in [0.2, 0.25) is 0 Å². The zero-order valence-electron chi connectivity index (χ0n) is 15.5. The van der Waals surface area contributed by atoms with E-state index in [-0.39, 0.29) is 17.7 Å². The number of ether oxygens (including phenoxy) is 1. The van der Waals surface area contributed by atoms with Gasteiger partial charge in [0.1, 0.15) is 5.82 Å². The van der Waals surface area contributed by atoms with E-state index in [1.165, 1.54) is 6.07 Å². The molecule has 2 aromatic heterocycles. The second-order valence-corrected chi connectivity index (χ2v) is 6.65. The summed E-state index contributed by atoms with van der Waals surface area (Å²) in [6.45, 7) is 3.85. The maximum Gasteiger partial charge on any atom is 0.317 e. The van der Waals surface area contributed by atoms with Crippen molar-refractivity contribution in [2.45, 2.75) is 38.8 Å². The minimum absolute atomic E-state index is 0.0641. The van der Waals surface area contributed by atoms with Crippen LogP contribution in [0.1, 0.15) is 30.1 Å². The van der Waals surface area contributed by atoms with Gasteiger partial charge in [-0.25, -0.2) is 9.78 Å². The zero-order valence-corrected chi connectivity index (χ0v) is 15.5. The van der Waals surface area contributed by atoms with E-state index in [1.54, 1.807) is 18.0 Å². The van der Waals surface area contributed by atoms with Crippen LogP contribution in [0.4, 0.5) is 4.79 Å². The molecule has 2 amide bonds. The molecule has 1 atom stereocenters. The van der Waals surface area contributed by atoms with Gasteiger partial charge in [-0.3, -0.25) is 9.78 Å². The number of hydrogen-bond donors (Lipinski definition) is 2. The molecule has 2 aromatic rings. The first kappa shape index (κ1) is 19.0. The summed E-state index contributed by atoms with van der Waals surface area (Å²) >= 11 is 0. The Kier molecular flexibility index (Phi) is 6.54. The molecule has 144 valence electrons. The molecule has 27 heavy (non-hydrogen) atoms. The van der Waals surface area contributed by atoms with Gasteiger partial charge in [-0.2, -0.15) is 0 Å². The number of urea groups is 1. The Bertz CT molecular complexity index is 802. The van der Waals surface area contributed by atoms with Crippen LogP contribution in [0.3, 0.4) is 0 Å². The minimum Gasteiger partial charge on any atom is -0.376 e. The number of aryl methyl sites for hydroxylation is 1. The van der Waals surface area contributed by atoms with Gasteiger partial charge in [0.15, 0.2) is 0 Å². The van der Waals surface area contributed by atoms with Crippen LogP contribution in [0.5, 0.6) is 0 Å². The summed E-state index contributed by atoms with van der Waals surface area (Å²) in [7, 11) is 0. The molecule has 0 saturated carbocycles. The van der Waals surface area contributed by atoms with Crippen molar-refractivity contribution in [1.29, 1.82) is 0 Å². The van der Waals surface area contributed by atoms with E-state index >= 15 is 0 Å². The number of aromatic amines is 1. The van der Waals surface area contributed by atoms with Crippen LogP contribution in [0, 0.1) is 6.92 Å². The van der Waals surface area contributed by atoms with E-state index in [2.05, 4.69) is 20.3 Å². The van der Waals surface area contributed by atoms with Gasteiger partial charge in [-0.15, -0.1) is 0 Å². The number of pyridine rings is 1. The largest absolute Gasteiger partial charge is 0.376 e. The van der Waals surface area contributed by atoms with Crippen molar-refractivity contribution in [2.24, 2.45) is 0 Å². The van der Waals surface area contributed by atoms with Gasteiger partial charge in [0, 0.05) is 44.1 Å². The minimum atomic E-state index is -0.181. The average molecular weight is 371 g/mol. The number of carbonyl (C=O) groups excluding carboxylic acids is 1. The first-order chi connectivity index (χ1) is 13.1. The van der Waals surface area contributed by atoms with Crippen LogP contribution in [-0.2, 0) is 17.7 Å². The third-order valence-corrected chi connectivity index (χ3v) is 4.37. The molecule has 0 spiro atoms. The molecule has 0 aliphatic carbocycles. The van der Waals surface area contributed by atoms with Crippen molar-refractivity contribution in [3.05, 3.63) is 58.0 Å². The highest BCUT2D eigenvalue weighted by atomic mass is 16.5. The summed E-state index contributed by atoms with van der Waals surface area (Å²) in [6.07, 6.45) is 4.22. The molecular formula is C19H25N5O3. The molecule has 1 saturated heterocycles. The van der Waals surface area contributed by atoms with Crippen LogP contribution in [-0.4, -0.2) is 51.7 Å². The van der Waals surface area contributed by atoms with Crippen LogP contribution in [0.15, 0.2) is 35.3 Å². The highest BCUT2D eigenvalue weighted by Gasteiger charge is 2.23. The van der Waals surface area contributed by atoms with Crippen molar-refractivity contribution < 1.29 is 9.53 Å². The molecule has 1 unspecified atom stereocenters. The summed E-state index contributed by atoms with van der Waals surface area (Å²) in [6, 6.07) is 6.93. The van der Waals surface area contributed by atoms with Crippen molar-refractivity contribution in [2.75, 3.05) is 19.7 Å². The molecule has 2 N–H and O–H groups in total. The van der Waals surface area contributed by atoms with Crippen molar-refractivity contribution in [3.8, 4) is 0 Å². The molecule has 1 fully saturated rings. The molecule has 0 bridgehead atoms. The van der Waals surface area contributed by atoms with Gasteiger partial charge in [-0.1, -0.05) is 6.07 Å². The highest BCUT2D eigenvalue weighted by Crippen LogP contribution is 2.14. The Morgan fingerprint density at radius 1 is 1.44 bits per heavy atom. The predicted octanol–water partition coefficient (Wildman–Crippen LogP) is 1.41. The number of nitrogens with one attached hydrogen (secondary N) is 2.